The van der Waals surface area contributed by atoms with Gasteiger partial charge in [0.1, 0.15) is 11.8 Å². The van der Waals surface area contributed by atoms with Gasteiger partial charge in [0.05, 0.1) is 13.3 Å². The zero-order valence-electron chi connectivity index (χ0n) is 11.7. The van der Waals surface area contributed by atoms with Crippen molar-refractivity contribution in [1.29, 1.82) is 0 Å². The van der Waals surface area contributed by atoms with Gasteiger partial charge in [-0.05, 0) is 18.1 Å². The topological polar surface area (TPSA) is 47.3 Å². The van der Waals surface area contributed by atoms with Crippen LogP contribution in [0.4, 0.5) is 0 Å². The quantitative estimate of drug-likeness (QED) is 0.890. The summed E-state index contributed by atoms with van der Waals surface area (Å²) in [4.78, 5) is 0. The molecule has 2 aromatic rings. The first kappa shape index (κ1) is 14.9. The maximum Gasteiger partial charge on any atom is 0.162 e. The van der Waals surface area contributed by atoms with Crippen molar-refractivity contribution in [2.45, 2.75) is 32.4 Å². The van der Waals surface area contributed by atoms with Gasteiger partial charge in [-0.2, -0.15) is 5.10 Å². The zero-order valence-corrected chi connectivity index (χ0v) is 12.5. The van der Waals surface area contributed by atoms with E-state index in [1.807, 2.05) is 24.3 Å². The fourth-order valence-electron chi connectivity index (χ4n) is 2.23. The third kappa shape index (κ3) is 3.14. The van der Waals surface area contributed by atoms with Crippen LogP contribution in [0, 0.1) is 0 Å². The summed E-state index contributed by atoms with van der Waals surface area (Å²) in [5.74, 6) is 0.609. The van der Waals surface area contributed by atoms with Gasteiger partial charge in [-0.1, -0.05) is 36.7 Å². The van der Waals surface area contributed by atoms with Crippen LogP contribution < -0.4 is 4.74 Å². The molecule has 0 fully saturated rings. The number of hydrogen-bond acceptors (Lipinski definition) is 3. The predicted octanol–water partition coefficient (Wildman–Crippen LogP) is 3.23. The number of nitrogens with zero attached hydrogens (tertiary/aromatic N) is 2. The normalized spacial score (nSPS) is 12.4. The molecule has 1 unspecified atom stereocenters. The largest absolute Gasteiger partial charge is 0.493 e. The smallest absolute Gasteiger partial charge is 0.162 e. The van der Waals surface area contributed by atoms with Crippen molar-refractivity contribution in [3.63, 3.8) is 0 Å². The molecule has 1 N–H and O–H groups in total. The average Bonchev–Trinajstić information content (AvgIpc) is 2.85. The van der Waals surface area contributed by atoms with Crippen molar-refractivity contribution in [3.05, 3.63) is 46.7 Å². The molecular weight excluding hydrogens is 276 g/mol. The van der Waals surface area contributed by atoms with Crippen LogP contribution in [0.2, 0.25) is 5.02 Å². The highest BCUT2D eigenvalue weighted by Gasteiger charge is 2.20. The average molecular weight is 295 g/mol. The highest BCUT2D eigenvalue weighted by Crippen LogP contribution is 2.29. The first-order valence-electron chi connectivity index (χ1n) is 6.68. The van der Waals surface area contributed by atoms with Gasteiger partial charge in [0.25, 0.3) is 0 Å². The van der Waals surface area contributed by atoms with Crippen LogP contribution in [0.1, 0.15) is 30.7 Å². The zero-order chi connectivity index (χ0) is 14.5. The second-order valence-electron chi connectivity index (χ2n) is 4.63. The number of benzene rings is 1. The fraction of sp³-hybridized carbons (Fsp3) is 0.400. The molecule has 0 spiro atoms. The van der Waals surface area contributed by atoms with Crippen molar-refractivity contribution in [2.24, 2.45) is 0 Å². The molecule has 20 heavy (non-hydrogen) atoms. The number of rotatable bonds is 6. The second-order valence-corrected chi connectivity index (χ2v) is 5.04. The lowest BCUT2D eigenvalue weighted by atomic mass is 10.1. The van der Waals surface area contributed by atoms with Crippen LogP contribution in [-0.2, 0) is 13.0 Å². The molecule has 0 radical (unpaired) electrons. The number of aryl methyl sites for hydroxylation is 1. The van der Waals surface area contributed by atoms with E-state index >= 15 is 0 Å². The van der Waals surface area contributed by atoms with E-state index in [1.54, 1.807) is 18.0 Å². The highest BCUT2D eigenvalue weighted by atomic mass is 35.5. The van der Waals surface area contributed by atoms with E-state index in [1.165, 1.54) is 0 Å². The molecule has 1 heterocycles. The van der Waals surface area contributed by atoms with E-state index in [9.17, 15) is 5.11 Å². The molecule has 0 aliphatic carbocycles. The van der Waals surface area contributed by atoms with Gasteiger partial charge < -0.3 is 9.84 Å². The van der Waals surface area contributed by atoms with Crippen molar-refractivity contribution >= 4 is 11.6 Å². The monoisotopic (exact) mass is 294 g/mol. The molecule has 0 amide bonds. The Kier molecular flexibility index (Phi) is 5.04. The lowest BCUT2D eigenvalue weighted by Gasteiger charge is -2.15. The molecule has 4 nitrogen and oxygen atoms in total. The number of ether oxygens (including phenoxy) is 1. The van der Waals surface area contributed by atoms with E-state index in [0.29, 0.717) is 22.9 Å². The summed E-state index contributed by atoms with van der Waals surface area (Å²) >= 11 is 6.14. The van der Waals surface area contributed by atoms with Crippen molar-refractivity contribution in [1.82, 2.24) is 9.78 Å². The standard InChI is InChI=1S/C15H19ClN2O2/c1-3-8-18-15(14(20-2)10-17-18)13(19)9-11-6-4-5-7-12(11)16/h4-7,10,13,19H,3,8-9H2,1-2H3. The third-order valence-corrected chi connectivity index (χ3v) is 3.56. The molecule has 2 rings (SSSR count). The molecule has 0 aliphatic rings. The molecule has 0 saturated carbocycles. The number of aromatic nitrogens is 2. The van der Waals surface area contributed by atoms with Gasteiger partial charge in [0, 0.05) is 18.0 Å². The van der Waals surface area contributed by atoms with Crippen LogP contribution in [0.3, 0.4) is 0 Å². The molecule has 108 valence electrons. The first-order chi connectivity index (χ1) is 9.67. The van der Waals surface area contributed by atoms with Crippen molar-refractivity contribution in [3.8, 4) is 5.75 Å². The van der Waals surface area contributed by atoms with Crippen LogP contribution in [0.5, 0.6) is 5.75 Å². The Balaban J connectivity index is 2.26. The summed E-state index contributed by atoms with van der Waals surface area (Å²) in [7, 11) is 1.58. The Labute approximate surface area is 123 Å². The third-order valence-electron chi connectivity index (χ3n) is 3.19. The molecule has 5 heteroatoms. The lowest BCUT2D eigenvalue weighted by Crippen LogP contribution is -2.12. The summed E-state index contributed by atoms with van der Waals surface area (Å²) in [6, 6.07) is 7.53. The van der Waals surface area contributed by atoms with Crippen molar-refractivity contribution in [2.75, 3.05) is 7.11 Å². The summed E-state index contributed by atoms with van der Waals surface area (Å²) in [5, 5.41) is 15.4. The Morgan fingerprint density at radius 3 is 2.80 bits per heavy atom. The maximum absolute atomic E-state index is 10.5. The number of hydrogen-bond donors (Lipinski definition) is 1. The Bertz CT molecular complexity index is 569. The van der Waals surface area contributed by atoms with Gasteiger partial charge in [-0.3, -0.25) is 4.68 Å². The van der Waals surface area contributed by atoms with E-state index in [4.69, 9.17) is 16.3 Å². The van der Waals surface area contributed by atoms with E-state index in [0.717, 1.165) is 18.5 Å². The van der Waals surface area contributed by atoms with Crippen molar-refractivity contribution < 1.29 is 9.84 Å². The minimum Gasteiger partial charge on any atom is -0.493 e. The summed E-state index contributed by atoms with van der Waals surface area (Å²) < 4.78 is 7.08. The molecule has 1 aromatic heterocycles. The highest BCUT2D eigenvalue weighted by molar-refractivity contribution is 6.31. The van der Waals surface area contributed by atoms with Crippen LogP contribution >= 0.6 is 11.6 Å². The van der Waals surface area contributed by atoms with Gasteiger partial charge in [-0.25, -0.2) is 0 Å². The van der Waals surface area contributed by atoms with Gasteiger partial charge in [-0.15, -0.1) is 0 Å². The predicted molar refractivity (Wildman–Crippen MR) is 79.2 cm³/mol. The van der Waals surface area contributed by atoms with E-state index < -0.39 is 6.10 Å². The number of aliphatic hydroxyl groups is 1. The van der Waals surface area contributed by atoms with E-state index in [-0.39, 0.29) is 0 Å². The minimum atomic E-state index is -0.695. The maximum atomic E-state index is 10.5. The molecule has 0 bridgehead atoms. The SMILES string of the molecule is CCCn1ncc(OC)c1C(O)Cc1ccccc1Cl. The van der Waals surface area contributed by atoms with Crippen LogP contribution in [-0.4, -0.2) is 22.0 Å². The van der Waals surface area contributed by atoms with E-state index in [2.05, 4.69) is 12.0 Å². The number of halogens is 1. The fourth-order valence-corrected chi connectivity index (χ4v) is 2.44. The van der Waals surface area contributed by atoms with Crippen LogP contribution in [0.25, 0.3) is 0 Å². The Morgan fingerprint density at radius 2 is 2.15 bits per heavy atom. The lowest BCUT2D eigenvalue weighted by molar-refractivity contribution is 0.162. The molecule has 1 aromatic carbocycles. The summed E-state index contributed by atoms with van der Waals surface area (Å²) in [6.45, 7) is 2.82. The van der Waals surface area contributed by atoms with Crippen LogP contribution in [0.15, 0.2) is 30.5 Å². The van der Waals surface area contributed by atoms with Gasteiger partial charge in [0.2, 0.25) is 0 Å². The molecular formula is C15H19ClN2O2. The van der Waals surface area contributed by atoms with Gasteiger partial charge >= 0.3 is 0 Å². The summed E-state index contributed by atoms with van der Waals surface area (Å²) in [5.41, 5.74) is 1.61. The molecule has 0 saturated heterocycles. The first-order valence-corrected chi connectivity index (χ1v) is 7.06. The number of aliphatic hydroxyl groups excluding tert-OH is 1. The number of methoxy groups -OCH3 is 1. The molecule has 0 aliphatic heterocycles. The second kappa shape index (κ2) is 6.77. The Hall–Kier alpha value is -1.52. The Morgan fingerprint density at radius 1 is 1.40 bits per heavy atom. The minimum absolute atomic E-state index is 0.436. The molecule has 1 atom stereocenters. The summed E-state index contributed by atoms with van der Waals surface area (Å²) in [6.07, 6.45) is 2.32. The van der Waals surface area contributed by atoms with Gasteiger partial charge in [0.15, 0.2) is 5.75 Å².